The number of hydrogen-bond acceptors (Lipinski definition) is 1. The molecule has 0 aromatic carbocycles. The topological polar surface area (TPSA) is 12.0 Å². The van der Waals surface area contributed by atoms with Crippen LogP contribution in [0, 0.1) is 29.6 Å². The molecule has 17 heavy (non-hydrogen) atoms. The number of rotatable bonds is 6. The molecule has 1 rings (SSSR count). The SMILES string of the molecule is CC#CCCC1CC(CC)CCC1CNCC. The average Bonchev–Trinajstić information content (AvgIpc) is 2.37. The average molecular weight is 235 g/mol. The van der Waals surface area contributed by atoms with E-state index in [1.807, 2.05) is 6.92 Å². The maximum absolute atomic E-state index is 3.54. The summed E-state index contributed by atoms with van der Waals surface area (Å²) < 4.78 is 0. The van der Waals surface area contributed by atoms with Crippen LogP contribution in [0.3, 0.4) is 0 Å². The van der Waals surface area contributed by atoms with Crippen LogP contribution in [0.25, 0.3) is 0 Å². The highest BCUT2D eigenvalue weighted by atomic mass is 14.8. The predicted molar refractivity (Wildman–Crippen MR) is 75.8 cm³/mol. The maximum atomic E-state index is 3.54. The van der Waals surface area contributed by atoms with Crippen LogP contribution < -0.4 is 5.32 Å². The molecule has 0 radical (unpaired) electrons. The molecule has 3 unspecified atom stereocenters. The molecule has 0 spiro atoms. The van der Waals surface area contributed by atoms with E-state index in [-0.39, 0.29) is 0 Å². The van der Waals surface area contributed by atoms with E-state index in [2.05, 4.69) is 31.0 Å². The van der Waals surface area contributed by atoms with E-state index in [0.29, 0.717) is 0 Å². The zero-order valence-corrected chi connectivity index (χ0v) is 11.9. The van der Waals surface area contributed by atoms with Crippen molar-refractivity contribution in [3.63, 3.8) is 0 Å². The van der Waals surface area contributed by atoms with Crippen LogP contribution in [0.5, 0.6) is 0 Å². The van der Waals surface area contributed by atoms with Crippen molar-refractivity contribution < 1.29 is 0 Å². The summed E-state index contributed by atoms with van der Waals surface area (Å²) in [5.41, 5.74) is 0. The molecule has 1 heteroatoms. The number of hydrogen-bond donors (Lipinski definition) is 1. The van der Waals surface area contributed by atoms with E-state index >= 15 is 0 Å². The minimum atomic E-state index is 0.899. The highest BCUT2D eigenvalue weighted by molar-refractivity contribution is 4.96. The van der Waals surface area contributed by atoms with Crippen molar-refractivity contribution in [1.29, 1.82) is 0 Å². The van der Waals surface area contributed by atoms with Gasteiger partial charge in [0.1, 0.15) is 0 Å². The van der Waals surface area contributed by atoms with Gasteiger partial charge in [-0.25, -0.2) is 0 Å². The molecule has 1 aliphatic carbocycles. The molecule has 1 nitrogen and oxygen atoms in total. The van der Waals surface area contributed by atoms with Gasteiger partial charge in [0.15, 0.2) is 0 Å². The van der Waals surface area contributed by atoms with Crippen LogP contribution >= 0.6 is 0 Å². The normalized spacial score (nSPS) is 28.5. The van der Waals surface area contributed by atoms with Gasteiger partial charge in [-0.3, -0.25) is 0 Å². The molecule has 0 amide bonds. The molecule has 0 saturated heterocycles. The van der Waals surface area contributed by atoms with Gasteiger partial charge in [0.05, 0.1) is 0 Å². The van der Waals surface area contributed by atoms with Gasteiger partial charge in [-0.1, -0.05) is 26.7 Å². The molecular weight excluding hydrogens is 206 g/mol. The summed E-state index contributed by atoms with van der Waals surface area (Å²) in [6, 6.07) is 0. The van der Waals surface area contributed by atoms with Crippen LogP contribution in [0.1, 0.15) is 59.3 Å². The van der Waals surface area contributed by atoms with Gasteiger partial charge in [0, 0.05) is 6.42 Å². The van der Waals surface area contributed by atoms with Crippen LogP contribution in [0.4, 0.5) is 0 Å². The second-order valence-electron chi connectivity index (χ2n) is 5.38. The van der Waals surface area contributed by atoms with Crippen molar-refractivity contribution in [2.45, 2.75) is 59.3 Å². The molecule has 0 aromatic heterocycles. The van der Waals surface area contributed by atoms with E-state index < -0.39 is 0 Å². The summed E-state index contributed by atoms with van der Waals surface area (Å²) in [6.45, 7) is 8.83. The Kier molecular flexibility index (Phi) is 7.37. The van der Waals surface area contributed by atoms with Crippen LogP contribution in [-0.2, 0) is 0 Å². The third-order valence-electron chi connectivity index (χ3n) is 4.30. The Morgan fingerprint density at radius 2 is 2.00 bits per heavy atom. The van der Waals surface area contributed by atoms with Crippen molar-refractivity contribution in [3.8, 4) is 11.8 Å². The zero-order valence-electron chi connectivity index (χ0n) is 11.9. The second kappa shape index (κ2) is 8.59. The molecule has 0 bridgehead atoms. The van der Waals surface area contributed by atoms with Gasteiger partial charge in [-0.05, 0) is 57.0 Å². The molecule has 3 atom stereocenters. The van der Waals surface area contributed by atoms with Crippen molar-refractivity contribution in [2.75, 3.05) is 13.1 Å². The van der Waals surface area contributed by atoms with Crippen molar-refractivity contribution in [3.05, 3.63) is 0 Å². The lowest BCUT2D eigenvalue weighted by Gasteiger charge is -2.36. The zero-order chi connectivity index (χ0) is 12.5. The third kappa shape index (κ3) is 5.13. The lowest BCUT2D eigenvalue weighted by atomic mass is 9.71. The highest BCUT2D eigenvalue weighted by Crippen LogP contribution is 2.37. The van der Waals surface area contributed by atoms with Gasteiger partial charge in [-0.15, -0.1) is 11.8 Å². The van der Waals surface area contributed by atoms with Gasteiger partial charge in [0.2, 0.25) is 0 Å². The van der Waals surface area contributed by atoms with Gasteiger partial charge in [-0.2, -0.15) is 0 Å². The van der Waals surface area contributed by atoms with E-state index in [4.69, 9.17) is 0 Å². The molecule has 0 heterocycles. The predicted octanol–water partition coefficient (Wildman–Crippen LogP) is 3.84. The standard InChI is InChI=1S/C16H29N/c1-4-7-8-9-15-12-14(5-2)10-11-16(15)13-17-6-3/h14-17H,5-6,8-13H2,1-3H3. The Morgan fingerprint density at radius 3 is 2.65 bits per heavy atom. The fourth-order valence-corrected chi connectivity index (χ4v) is 3.13. The molecule has 1 fully saturated rings. The van der Waals surface area contributed by atoms with E-state index in [0.717, 1.165) is 30.7 Å². The minimum Gasteiger partial charge on any atom is -0.317 e. The summed E-state index contributed by atoms with van der Waals surface area (Å²) >= 11 is 0. The second-order valence-corrected chi connectivity index (χ2v) is 5.38. The smallest absolute Gasteiger partial charge is 0.00913 e. The number of nitrogens with one attached hydrogen (secondary N) is 1. The van der Waals surface area contributed by atoms with Crippen LogP contribution in [-0.4, -0.2) is 13.1 Å². The van der Waals surface area contributed by atoms with Crippen LogP contribution in [0.15, 0.2) is 0 Å². The third-order valence-corrected chi connectivity index (χ3v) is 4.30. The monoisotopic (exact) mass is 235 g/mol. The first-order valence-electron chi connectivity index (χ1n) is 7.42. The molecule has 0 aromatic rings. The Morgan fingerprint density at radius 1 is 1.18 bits per heavy atom. The quantitative estimate of drug-likeness (QED) is 0.690. The summed E-state index contributed by atoms with van der Waals surface area (Å²) in [7, 11) is 0. The van der Waals surface area contributed by atoms with Crippen molar-refractivity contribution in [1.82, 2.24) is 5.32 Å². The lowest BCUT2D eigenvalue weighted by Crippen LogP contribution is -2.33. The summed E-state index contributed by atoms with van der Waals surface area (Å²) in [6.07, 6.45) is 8.09. The first kappa shape index (κ1) is 14.6. The minimum absolute atomic E-state index is 0.899. The first-order chi connectivity index (χ1) is 8.31. The van der Waals surface area contributed by atoms with E-state index in [1.54, 1.807) is 0 Å². The summed E-state index contributed by atoms with van der Waals surface area (Å²) in [5.74, 6) is 9.05. The van der Waals surface area contributed by atoms with E-state index in [1.165, 1.54) is 38.6 Å². The fourth-order valence-electron chi connectivity index (χ4n) is 3.13. The molecule has 1 saturated carbocycles. The Hall–Kier alpha value is -0.480. The highest BCUT2D eigenvalue weighted by Gasteiger charge is 2.28. The molecular formula is C16H29N. The van der Waals surface area contributed by atoms with Gasteiger partial charge >= 0.3 is 0 Å². The summed E-state index contributed by atoms with van der Waals surface area (Å²) in [4.78, 5) is 0. The molecule has 98 valence electrons. The molecule has 1 N–H and O–H groups in total. The maximum Gasteiger partial charge on any atom is 0.00913 e. The van der Waals surface area contributed by atoms with E-state index in [9.17, 15) is 0 Å². The molecule has 1 aliphatic rings. The van der Waals surface area contributed by atoms with Gasteiger partial charge in [0.25, 0.3) is 0 Å². The summed E-state index contributed by atoms with van der Waals surface area (Å²) in [5, 5.41) is 3.54. The molecule has 0 aliphatic heterocycles. The Balaban J connectivity index is 2.44. The Labute approximate surface area is 108 Å². The largest absolute Gasteiger partial charge is 0.317 e. The lowest BCUT2D eigenvalue weighted by molar-refractivity contribution is 0.165. The van der Waals surface area contributed by atoms with Crippen molar-refractivity contribution >= 4 is 0 Å². The van der Waals surface area contributed by atoms with Gasteiger partial charge < -0.3 is 5.32 Å². The van der Waals surface area contributed by atoms with Crippen LogP contribution in [0.2, 0.25) is 0 Å². The van der Waals surface area contributed by atoms with Crippen molar-refractivity contribution in [2.24, 2.45) is 17.8 Å². The fraction of sp³-hybridized carbons (Fsp3) is 0.875. The Bertz CT molecular complexity index is 248. The first-order valence-corrected chi connectivity index (χ1v) is 7.42.